The Bertz CT molecular complexity index is 652. The van der Waals surface area contributed by atoms with Crippen LogP contribution < -0.4 is 10.5 Å². The quantitative estimate of drug-likeness (QED) is 0.748. The zero-order chi connectivity index (χ0) is 17.7. The van der Waals surface area contributed by atoms with Crippen LogP contribution in [0.5, 0.6) is 0 Å². The van der Waals surface area contributed by atoms with Crippen molar-refractivity contribution in [3.8, 4) is 0 Å². The molecule has 0 saturated carbocycles. The van der Waals surface area contributed by atoms with Gasteiger partial charge in [0, 0.05) is 32.7 Å². The molecule has 0 spiro atoms. The van der Waals surface area contributed by atoms with E-state index < -0.39 is 10.0 Å². The summed E-state index contributed by atoms with van der Waals surface area (Å²) in [6.45, 7) is 8.87. The number of nitrogens with zero attached hydrogens (tertiary/aromatic N) is 2. The molecule has 1 saturated heterocycles. The molecule has 1 aliphatic rings. The molecular weight excluding hydrogens is 328 g/mol. The summed E-state index contributed by atoms with van der Waals surface area (Å²) >= 11 is 0. The van der Waals surface area contributed by atoms with Gasteiger partial charge in [-0.15, -0.1) is 0 Å². The van der Waals surface area contributed by atoms with Crippen LogP contribution in [0.25, 0.3) is 0 Å². The van der Waals surface area contributed by atoms with Crippen LogP contribution in [0.3, 0.4) is 0 Å². The molecule has 24 heavy (non-hydrogen) atoms. The number of carbonyl (C=O) groups is 1. The first-order chi connectivity index (χ1) is 11.3. The summed E-state index contributed by atoms with van der Waals surface area (Å²) in [6, 6.07) is 6.07. The molecule has 1 heterocycles. The minimum Gasteiger partial charge on any atom is -0.339 e. The summed E-state index contributed by atoms with van der Waals surface area (Å²) in [5.74, 6) is 0.104. The van der Waals surface area contributed by atoms with Crippen molar-refractivity contribution in [1.82, 2.24) is 15.1 Å². The van der Waals surface area contributed by atoms with E-state index in [2.05, 4.69) is 17.1 Å². The van der Waals surface area contributed by atoms with E-state index in [0.717, 1.165) is 38.3 Å². The summed E-state index contributed by atoms with van der Waals surface area (Å²) in [4.78, 5) is 16.8. The Kier molecular flexibility index (Phi) is 6.34. The number of amides is 1. The zero-order valence-corrected chi connectivity index (χ0v) is 15.1. The number of nitrogens with one attached hydrogen (secondary N) is 1. The molecule has 1 fully saturated rings. The number of primary sulfonamides is 1. The number of benzene rings is 1. The molecule has 8 heteroatoms. The second-order valence-electron chi connectivity index (χ2n) is 6.05. The number of likely N-dealkylation sites (N-methyl/N-ethyl adjacent to an activating group) is 1. The topological polar surface area (TPSA) is 95.7 Å². The van der Waals surface area contributed by atoms with Crippen molar-refractivity contribution in [2.24, 2.45) is 5.14 Å². The lowest BCUT2D eigenvalue weighted by atomic mass is 10.2. The van der Waals surface area contributed by atoms with E-state index in [4.69, 9.17) is 5.14 Å². The molecule has 1 aliphatic heterocycles. The highest BCUT2D eigenvalue weighted by Gasteiger charge is 2.23. The van der Waals surface area contributed by atoms with Crippen molar-refractivity contribution in [3.05, 3.63) is 29.8 Å². The van der Waals surface area contributed by atoms with Gasteiger partial charge in [-0.3, -0.25) is 4.79 Å². The van der Waals surface area contributed by atoms with Crippen molar-refractivity contribution in [3.63, 3.8) is 0 Å². The molecule has 1 aromatic carbocycles. The SMILES string of the molecule is CCN1CCN(C(=O)[C@@H](C)NCc2ccc(S(N)(=O)=O)cc2)CC1. The summed E-state index contributed by atoms with van der Waals surface area (Å²) in [5, 5.41) is 8.27. The number of piperazine rings is 1. The molecule has 0 aromatic heterocycles. The third-order valence-electron chi connectivity index (χ3n) is 4.37. The lowest BCUT2D eigenvalue weighted by Crippen LogP contribution is -2.53. The maximum absolute atomic E-state index is 12.4. The Morgan fingerprint density at radius 2 is 1.79 bits per heavy atom. The van der Waals surface area contributed by atoms with Crippen molar-refractivity contribution >= 4 is 15.9 Å². The van der Waals surface area contributed by atoms with Gasteiger partial charge in [0.25, 0.3) is 0 Å². The molecule has 3 N–H and O–H groups in total. The van der Waals surface area contributed by atoms with Crippen LogP contribution in [0.15, 0.2) is 29.2 Å². The van der Waals surface area contributed by atoms with E-state index in [1.54, 1.807) is 12.1 Å². The number of hydrogen-bond donors (Lipinski definition) is 2. The predicted octanol–water partition coefficient (Wildman–Crippen LogP) is -0.0238. The molecule has 134 valence electrons. The molecule has 2 rings (SSSR count). The van der Waals surface area contributed by atoms with Crippen LogP contribution in [-0.4, -0.2) is 62.9 Å². The van der Waals surface area contributed by atoms with Crippen molar-refractivity contribution in [1.29, 1.82) is 0 Å². The van der Waals surface area contributed by atoms with Crippen molar-refractivity contribution in [2.45, 2.75) is 31.3 Å². The maximum atomic E-state index is 12.4. The molecule has 0 aliphatic carbocycles. The van der Waals surface area contributed by atoms with E-state index in [1.807, 2.05) is 11.8 Å². The standard InChI is InChI=1S/C16H26N4O3S/c1-3-19-8-10-20(11-9-19)16(21)13(2)18-12-14-4-6-15(7-5-14)24(17,22)23/h4-7,13,18H,3,8-12H2,1-2H3,(H2,17,22,23)/t13-/m1/s1. The van der Waals surface area contributed by atoms with Gasteiger partial charge in [0.05, 0.1) is 10.9 Å². The van der Waals surface area contributed by atoms with E-state index in [1.165, 1.54) is 12.1 Å². The molecular formula is C16H26N4O3S. The third kappa shape index (κ3) is 5.01. The second kappa shape index (κ2) is 8.06. The smallest absolute Gasteiger partial charge is 0.239 e. The zero-order valence-electron chi connectivity index (χ0n) is 14.2. The van der Waals surface area contributed by atoms with Crippen LogP contribution >= 0.6 is 0 Å². The highest BCUT2D eigenvalue weighted by atomic mass is 32.2. The van der Waals surface area contributed by atoms with Gasteiger partial charge in [-0.1, -0.05) is 19.1 Å². The monoisotopic (exact) mass is 354 g/mol. The van der Waals surface area contributed by atoms with Gasteiger partial charge >= 0.3 is 0 Å². The highest BCUT2D eigenvalue weighted by molar-refractivity contribution is 7.89. The lowest BCUT2D eigenvalue weighted by molar-refractivity contribution is -0.134. The third-order valence-corrected chi connectivity index (χ3v) is 5.30. The molecule has 0 unspecified atom stereocenters. The first kappa shape index (κ1) is 18.9. The molecule has 7 nitrogen and oxygen atoms in total. The molecule has 0 bridgehead atoms. The van der Waals surface area contributed by atoms with Crippen LogP contribution in [0, 0.1) is 0 Å². The average molecular weight is 354 g/mol. The molecule has 0 radical (unpaired) electrons. The van der Waals surface area contributed by atoms with Gasteiger partial charge in [0.1, 0.15) is 0 Å². The van der Waals surface area contributed by atoms with E-state index >= 15 is 0 Å². The number of hydrogen-bond acceptors (Lipinski definition) is 5. The number of sulfonamides is 1. The Morgan fingerprint density at radius 1 is 1.21 bits per heavy atom. The van der Waals surface area contributed by atoms with Crippen LogP contribution in [0.4, 0.5) is 0 Å². The summed E-state index contributed by atoms with van der Waals surface area (Å²) < 4.78 is 22.5. The molecule has 1 amide bonds. The normalized spacial score (nSPS) is 17.7. The highest BCUT2D eigenvalue weighted by Crippen LogP contribution is 2.09. The second-order valence-corrected chi connectivity index (χ2v) is 7.61. The van der Waals surface area contributed by atoms with Gasteiger partial charge < -0.3 is 15.1 Å². The Hall–Kier alpha value is -1.48. The van der Waals surface area contributed by atoms with Crippen LogP contribution in [0.2, 0.25) is 0 Å². The van der Waals surface area contributed by atoms with Gasteiger partial charge in [-0.05, 0) is 31.2 Å². The van der Waals surface area contributed by atoms with E-state index in [-0.39, 0.29) is 16.8 Å². The Balaban J connectivity index is 1.84. The van der Waals surface area contributed by atoms with Crippen molar-refractivity contribution < 1.29 is 13.2 Å². The average Bonchev–Trinajstić information content (AvgIpc) is 2.58. The van der Waals surface area contributed by atoms with E-state index in [0.29, 0.717) is 6.54 Å². The Morgan fingerprint density at radius 3 is 2.29 bits per heavy atom. The first-order valence-electron chi connectivity index (χ1n) is 8.17. The lowest BCUT2D eigenvalue weighted by Gasteiger charge is -2.35. The summed E-state index contributed by atoms with van der Waals surface area (Å²) in [5.41, 5.74) is 0.901. The van der Waals surface area contributed by atoms with Crippen LogP contribution in [0.1, 0.15) is 19.4 Å². The van der Waals surface area contributed by atoms with E-state index in [9.17, 15) is 13.2 Å². The minimum atomic E-state index is -3.67. The fourth-order valence-corrected chi connectivity index (χ4v) is 3.23. The predicted molar refractivity (Wildman–Crippen MR) is 92.8 cm³/mol. The largest absolute Gasteiger partial charge is 0.339 e. The number of carbonyl (C=O) groups excluding carboxylic acids is 1. The summed E-state index contributed by atoms with van der Waals surface area (Å²) in [7, 11) is -3.67. The minimum absolute atomic E-state index is 0.0872. The van der Waals surface area contributed by atoms with Gasteiger partial charge in [0.15, 0.2) is 0 Å². The molecule has 1 aromatic rings. The van der Waals surface area contributed by atoms with Crippen molar-refractivity contribution in [2.75, 3.05) is 32.7 Å². The number of rotatable bonds is 6. The fourth-order valence-electron chi connectivity index (χ4n) is 2.71. The molecule has 1 atom stereocenters. The number of nitrogens with two attached hydrogens (primary N) is 1. The Labute approximate surface area is 143 Å². The first-order valence-corrected chi connectivity index (χ1v) is 9.72. The van der Waals surface area contributed by atoms with Gasteiger partial charge in [0.2, 0.25) is 15.9 Å². The van der Waals surface area contributed by atoms with Crippen LogP contribution in [-0.2, 0) is 21.4 Å². The van der Waals surface area contributed by atoms with Gasteiger partial charge in [-0.25, -0.2) is 13.6 Å². The summed E-state index contributed by atoms with van der Waals surface area (Å²) in [6.07, 6.45) is 0. The van der Waals surface area contributed by atoms with Gasteiger partial charge in [-0.2, -0.15) is 0 Å². The fraction of sp³-hybridized carbons (Fsp3) is 0.562. The maximum Gasteiger partial charge on any atom is 0.239 e.